The molecule has 0 radical (unpaired) electrons. The molecule has 0 saturated heterocycles. The third-order valence-electron chi connectivity index (χ3n) is 2.79. The van der Waals surface area contributed by atoms with Crippen LogP contribution < -0.4 is 4.74 Å². The van der Waals surface area contributed by atoms with Crippen LogP contribution in [0, 0.1) is 17.1 Å². The van der Waals surface area contributed by atoms with Crippen LogP contribution in [0.4, 0.5) is 23.2 Å². The SMILES string of the molecule is N#Cc1ccc(Oc2cc(F)c(C(F)(F)F)c(Cl)c2)cc1N=C=O. The molecule has 0 aliphatic heterocycles. The quantitative estimate of drug-likeness (QED) is 0.435. The van der Waals surface area contributed by atoms with E-state index in [9.17, 15) is 22.4 Å². The summed E-state index contributed by atoms with van der Waals surface area (Å²) >= 11 is 5.46. The number of ether oxygens (including phenoxy) is 1. The second kappa shape index (κ2) is 6.71. The molecule has 0 heterocycles. The molecule has 0 aliphatic carbocycles. The second-order valence-electron chi connectivity index (χ2n) is 4.36. The van der Waals surface area contributed by atoms with Crippen LogP contribution in [0.1, 0.15) is 11.1 Å². The first-order valence-corrected chi connectivity index (χ1v) is 6.50. The fraction of sp³-hybridized carbons (Fsp3) is 0.0667. The fourth-order valence-corrected chi connectivity index (χ4v) is 2.13. The van der Waals surface area contributed by atoms with Gasteiger partial charge in [0.1, 0.15) is 28.9 Å². The van der Waals surface area contributed by atoms with Gasteiger partial charge in [-0.25, -0.2) is 9.18 Å². The van der Waals surface area contributed by atoms with Crippen LogP contribution in [-0.4, -0.2) is 6.08 Å². The van der Waals surface area contributed by atoms with Gasteiger partial charge in [0.05, 0.1) is 16.3 Å². The van der Waals surface area contributed by atoms with Crippen molar-refractivity contribution >= 4 is 23.4 Å². The number of aliphatic imine (C=N–C) groups is 1. The van der Waals surface area contributed by atoms with E-state index in [0.29, 0.717) is 6.07 Å². The van der Waals surface area contributed by atoms with Gasteiger partial charge in [-0.2, -0.15) is 23.4 Å². The van der Waals surface area contributed by atoms with E-state index in [2.05, 4.69) is 4.99 Å². The predicted octanol–water partition coefficient (Wildman–Crippen LogP) is 5.13. The molecule has 0 saturated carbocycles. The Morgan fingerprint density at radius 2 is 1.88 bits per heavy atom. The Balaban J connectivity index is 2.41. The van der Waals surface area contributed by atoms with E-state index in [1.54, 1.807) is 6.07 Å². The molecule has 0 aromatic heterocycles. The molecule has 0 N–H and O–H groups in total. The average Bonchev–Trinajstić information content (AvgIpc) is 2.45. The summed E-state index contributed by atoms with van der Waals surface area (Å²) in [6, 6.07) is 6.85. The lowest BCUT2D eigenvalue weighted by Gasteiger charge is -2.12. The summed E-state index contributed by atoms with van der Waals surface area (Å²) in [7, 11) is 0. The summed E-state index contributed by atoms with van der Waals surface area (Å²) in [6.45, 7) is 0. The fourth-order valence-electron chi connectivity index (χ4n) is 1.83. The van der Waals surface area contributed by atoms with Gasteiger partial charge in [0.25, 0.3) is 0 Å². The van der Waals surface area contributed by atoms with Crippen molar-refractivity contribution in [1.82, 2.24) is 0 Å². The van der Waals surface area contributed by atoms with Crippen molar-refractivity contribution in [3.63, 3.8) is 0 Å². The molecule has 0 spiro atoms. The van der Waals surface area contributed by atoms with Crippen molar-refractivity contribution < 1.29 is 27.1 Å². The number of rotatable bonds is 3. The minimum absolute atomic E-state index is 0.0122. The summed E-state index contributed by atoms with van der Waals surface area (Å²) < 4.78 is 56.8. The Kier molecular flexibility index (Phi) is 4.88. The van der Waals surface area contributed by atoms with E-state index in [0.717, 1.165) is 6.07 Å². The maximum absolute atomic E-state index is 13.6. The van der Waals surface area contributed by atoms with E-state index in [-0.39, 0.29) is 22.7 Å². The predicted molar refractivity (Wildman–Crippen MR) is 75.4 cm³/mol. The van der Waals surface area contributed by atoms with Gasteiger partial charge in [0.15, 0.2) is 0 Å². The molecular formula is C15H5ClF4N2O2. The van der Waals surface area contributed by atoms with Crippen LogP contribution in [0.2, 0.25) is 5.02 Å². The maximum Gasteiger partial charge on any atom is 0.420 e. The van der Waals surface area contributed by atoms with Crippen LogP contribution in [0.5, 0.6) is 11.5 Å². The third-order valence-corrected chi connectivity index (χ3v) is 3.09. The van der Waals surface area contributed by atoms with Crippen LogP contribution in [0.25, 0.3) is 0 Å². The first-order valence-electron chi connectivity index (χ1n) is 6.12. The molecule has 122 valence electrons. The molecule has 0 bridgehead atoms. The van der Waals surface area contributed by atoms with Gasteiger partial charge in [-0.3, -0.25) is 0 Å². The molecule has 0 aliphatic rings. The van der Waals surface area contributed by atoms with E-state index < -0.39 is 22.6 Å². The zero-order valence-electron chi connectivity index (χ0n) is 11.5. The van der Waals surface area contributed by atoms with Gasteiger partial charge in [-0.1, -0.05) is 11.6 Å². The number of benzene rings is 2. The molecular weight excluding hydrogens is 352 g/mol. The van der Waals surface area contributed by atoms with Gasteiger partial charge in [0.2, 0.25) is 6.08 Å². The summed E-state index contributed by atoms with van der Waals surface area (Å²) in [6.07, 6.45) is -3.69. The number of alkyl halides is 3. The highest BCUT2D eigenvalue weighted by Crippen LogP contribution is 2.39. The van der Waals surface area contributed by atoms with Crippen molar-refractivity contribution in [2.24, 2.45) is 4.99 Å². The molecule has 2 rings (SSSR count). The molecule has 2 aromatic rings. The Hall–Kier alpha value is -2.88. The molecule has 24 heavy (non-hydrogen) atoms. The Bertz CT molecular complexity index is 861. The van der Waals surface area contributed by atoms with Crippen molar-refractivity contribution in [2.45, 2.75) is 6.18 Å². The zero-order chi connectivity index (χ0) is 17.9. The molecule has 0 atom stereocenters. The van der Waals surface area contributed by atoms with Crippen LogP contribution in [0.15, 0.2) is 35.3 Å². The van der Waals surface area contributed by atoms with E-state index in [1.165, 1.54) is 24.3 Å². The average molecular weight is 357 g/mol. The second-order valence-corrected chi connectivity index (χ2v) is 4.76. The number of hydrogen-bond donors (Lipinski definition) is 0. The molecule has 2 aromatic carbocycles. The Morgan fingerprint density at radius 3 is 2.42 bits per heavy atom. The molecule has 0 unspecified atom stereocenters. The van der Waals surface area contributed by atoms with Crippen molar-refractivity contribution in [3.8, 4) is 17.6 Å². The summed E-state index contributed by atoms with van der Waals surface area (Å²) in [5, 5.41) is 7.99. The lowest BCUT2D eigenvalue weighted by Crippen LogP contribution is -2.09. The number of isocyanates is 1. The van der Waals surface area contributed by atoms with E-state index in [1.807, 2.05) is 0 Å². The van der Waals surface area contributed by atoms with Gasteiger partial charge in [-0.05, 0) is 12.1 Å². The highest BCUT2D eigenvalue weighted by Gasteiger charge is 2.37. The first kappa shape index (κ1) is 17.5. The number of hydrogen-bond acceptors (Lipinski definition) is 4. The number of nitriles is 1. The number of halogens is 5. The highest BCUT2D eigenvalue weighted by molar-refractivity contribution is 6.31. The molecule has 0 amide bonds. The Labute approximate surface area is 137 Å². The van der Waals surface area contributed by atoms with Gasteiger partial charge in [-0.15, -0.1) is 0 Å². The largest absolute Gasteiger partial charge is 0.457 e. The number of nitrogens with zero attached hydrogens (tertiary/aromatic N) is 2. The molecule has 4 nitrogen and oxygen atoms in total. The first-order chi connectivity index (χ1) is 11.3. The van der Waals surface area contributed by atoms with Crippen LogP contribution >= 0.6 is 11.6 Å². The van der Waals surface area contributed by atoms with Crippen molar-refractivity contribution in [1.29, 1.82) is 5.26 Å². The monoisotopic (exact) mass is 356 g/mol. The van der Waals surface area contributed by atoms with Crippen molar-refractivity contribution in [2.75, 3.05) is 0 Å². The summed E-state index contributed by atoms with van der Waals surface area (Å²) in [5.41, 5.74) is -1.59. The smallest absolute Gasteiger partial charge is 0.420 e. The maximum atomic E-state index is 13.6. The zero-order valence-corrected chi connectivity index (χ0v) is 12.2. The van der Waals surface area contributed by atoms with Crippen LogP contribution in [0.3, 0.4) is 0 Å². The summed E-state index contributed by atoms with van der Waals surface area (Å²) in [5.74, 6) is -1.88. The minimum Gasteiger partial charge on any atom is -0.457 e. The highest BCUT2D eigenvalue weighted by atomic mass is 35.5. The lowest BCUT2D eigenvalue weighted by molar-refractivity contribution is -0.139. The number of carbonyl (C=O) groups excluding carboxylic acids is 1. The standard InChI is InChI=1S/C15H5ClF4N2O2/c16-11-3-10(4-12(17)14(11)15(18,19)20)24-9-2-1-8(6-21)13(5-9)22-7-23/h1-5H. The van der Waals surface area contributed by atoms with Gasteiger partial charge in [0, 0.05) is 18.2 Å². The van der Waals surface area contributed by atoms with Gasteiger partial charge < -0.3 is 4.74 Å². The molecule has 9 heteroatoms. The molecule has 0 fully saturated rings. The van der Waals surface area contributed by atoms with E-state index >= 15 is 0 Å². The normalized spacial score (nSPS) is 10.7. The van der Waals surface area contributed by atoms with Crippen molar-refractivity contribution in [3.05, 3.63) is 52.3 Å². The topological polar surface area (TPSA) is 62.4 Å². The summed E-state index contributed by atoms with van der Waals surface area (Å²) in [4.78, 5) is 13.6. The van der Waals surface area contributed by atoms with Crippen LogP contribution in [-0.2, 0) is 11.0 Å². The minimum atomic E-state index is -4.94. The Morgan fingerprint density at radius 1 is 1.17 bits per heavy atom. The third kappa shape index (κ3) is 3.71. The van der Waals surface area contributed by atoms with Gasteiger partial charge >= 0.3 is 6.18 Å². The van der Waals surface area contributed by atoms with E-state index in [4.69, 9.17) is 21.6 Å². The lowest BCUT2D eigenvalue weighted by atomic mass is 10.2.